The van der Waals surface area contributed by atoms with Crippen LogP contribution in [0.4, 0.5) is 0 Å². The van der Waals surface area contributed by atoms with Crippen LogP contribution in [0.1, 0.15) is 38.7 Å². The zero-order chi connectivity index (χ0) is 15.5. The molecule has 1 aromatic rings. The van der Waals surface area contributed by atoms with Crippen LogP contribution in [0.2, 0.25) is 10.0 Å². The summed E-state index contributed by atoms with van der Waals surface area (Å²) in [5.74, 6) is 0. The summed E-state index contributed by atoms with van der Waals surface area (Å²) in [6.45, 7) is 7.06. The Kier molecular flexibility index (Phi) is 5.96. The van der Waals surface area contributed by atoms with Crippen LogP contribution in [0.3, 0.4) is 0 Å². The van der Waals surface area contributed by atoms with Gasteiger partial charge >= 0.3 is 0 Å². The summed E-state index contributed by atoms with van der Waals surface area (Å²) < 4.78 is 0. The van der Waals surface area contributed by atoms with Gasteiger partial charge < -0.3 is 5.32 Å². The molecule has 0 aromatic heterocycles. The van der Waals surface area contributed by atoms with Crippen molar-refractivity contribution in [1.82, 2.24) is 10.2 Å². The van der Waals surface area contributed by atoms with E-state index in [0.29, 0.717) is 11.1 Å². The highest BCUT2D eigenvalue weighted by atomic mass is 35.5. The molecule has 1 saturated heterocycles. The van der Waals surface area contributed by atoms with Crippen LogP contribution >= 0.6 is 23.2 Å². The van der Waals surface area contributed by atoms with Crippen LogP contribution in [-0.2, 0) is 6.42 Å². The second-order valence-electron chi connectivity index (χ2n) is 6.48. The minimum atomic E-state index is 0.109. The fourth-order valence-corrected chi connectivity index (χ4v) is 3.79. The first kappa shape index (κ1) is 17.1. The largest absolute Gasteiger partial charge is 0.315 e. The number of likely N-dealkylation sites (N-methyl/N-ethyl adjacent to an activating group) is 1. The second-order valence-corrected chi connectivity index (χ2v) is 7.33. The summed E-state index contributed by atoms with van der Waals surface area (Å²) in [6, 6.07) is 6.15. The number of rotatable bonds is 5. The van der Waals surface area contributed by atoms with E-state index >= 15 is 0 Å². The van der Waals surface area contributed by atoms with Gasteiger partial charge in [-0.05, 0) is 70.9 Å². The van der Waals surface area contributed by atoms with Crippen LogP contribution in [0.15, 0.2) is 18.2 Å². The van der Waals surface area contributed by atoms with Crippen molar-refractivity contribution in [2.45, 2.75) is 51.1 Å². The first-order valence-electron chi connectivity index (χ1n) is 7.81. The third kappa shape index (κ3) is 4.13. The summed E-state index contributed by atoms with van der Waals surface area (Å²) in [6.07, 6.45) is 4.89. The summed E-state index contributed by atoms with van der Waals surface area (Å²) in [7, 11) is 2.04. The van der Waals surface area contributed by atoms with Crippen molar-refractivity contribution in [3.05, 3.63) is 33.8 Å². The van der Waals surface area contributed by atoms with Crippen LogP contribution in [0.5, 0.6) is 0 Å². The van der Waals surface area contributed by atoms with Crippen molar-refractivity contribution in [1.29, 1.82) is 0 Å². The van der Waals surface area contributed by atoms with Crippen molar-refractivity contribution in [2.24, 2.45) is 0 Å². The quantitative estimate of drug-likeness (QED) is 0.862. The van der Waals surface area contributed by atoms with Gasteiger partial charge in [-0.15, -0.1) is 0 Å². The van der Waals surface area contributed by atoms with Gasteiger partial charge in [-0.25, -0.2) is 0 Å². The highest BCUT2D eigenvalue weighted by Gasteiger charge is 2.35. The Morgan fingerprint density at radius 1 is 1.19 bits per heavy atom. The molecule has 1 aromatic carbocycles. The molecule has 118 valence electrons. The fourth-order valence-electron chi connectivity index (χ4n) is 3.30. The monoisotopic (exact) mass is 328 g/mol. The highest BCUT2D eigenvalue weighted by molar-refractivity contribution is 6.35. The van der Waals surface area contributed by atoms with Gasteiger partial charge in [0.2, 0.25) is 0 Å². The summed E-state index contributed by atoms with van der Waals surface area (Å²) in [5.41, 5.74) is 1.27. The highest BCUT2D eigenvalue weighted by Crippen LogP contribution is 2.28. The molecule has 0 saturated carbocycles. The van der Waals surface area contributed by atoms with Crippen LogP contribution in [0, 0.1) is 0 Å². The number of hydrogen-bond donors (Lipinski definition) is 1. The molecule has 2 nitrogen and oxygen atoms in total. The number of benzene rings is 1. The van der Waals surface area contributed by atoms with Gasteiger partial charge in [0.1, 0.15) is 0 Å². The van der Waals surface area contributed by atoms with Crippen LogP contribution < -0.4 is 5.32 Å². The van der Waals surface area contributed by atoms with E-state index in [0.717, 1.165) is 17.0 Å². The molecule has 0 radical (unpaired) electrons. The fraction of sp³-hybridized carbons (Fsp3) is 0.647. The molecule has 0 spiro atoms. The van der Waals surface area contributed by atoms with Gasteiger partial charge in [-0.3, -0.25) is 4.90 Å². The first-order chi connectivity index (χ1) is 9.95. The molecule has 0 amide bonds. The lowest BCUT2D eigenvalue weighted by Gasteiger charge is -2.46. The van der Waals surface area contributed by atoms with Gasteiger partial charge in [0.25, 0.3) is 0 Å². The number of nitrogens with one attached hydrogen (secondary N) is 1. The molecular formula is C17H26Cl2N2. The van der Waals surface area contributed by atoms with E-state index in [9.17, 15) is 0 Å². The van der Waals surface area contributed by atoms with Crippen LogP contribution in [-0.4, -0.2) is 36.6 Å². The molecule has 2 rings (SSSR count). The maximum atomic E-state index is 6.34. The molecule has 0 aliphatic carbocycles. The Balaban J connectivity index is 2.14. The molecular weight excluding hydrogens is 303 g/mol. The van der Waals surface area contributed by atoms with E-state index in [2.05, 4.69) is 24.1 Å². The predicted molar refractivity (Wildman–Crippen MR) is 92.5 cm³/mol. The van der Waals surface area contributed by atoms with Crippen molar-refractivity contribution >= 4 is 23.2 Å². The first-order valence-corrected chi connectivity index (χ1v) is 8.57. The Hall–Kier alpha value is -0.280. The molecule has 1 aliphatic rings. The van der Waals surface area contributed by atoms with Crippen molar-refractivity contribution < 1.29 is 0 Å². The van der Waals surface area contributed by atoms with E-state index in [1.165, 1.54) is 32.4 Å². The van der Waals surface area contributed by atoms with E-state index in [4.69, 9.17) is 23.2 Å². The number of halogens is 2. The van der Waals surface area contributed by atoms with E-state index in [1.54, 1.807) is 0 Å². The maximum absolute atomic E-state index is 6.34. The molecule has 4 heteroatoms. The molecule has 1 aliphatic heterocycles. The summed E-state index contributed by atoms with van der Waals surface area (Å²) in [4.78, 5) is 2.61. The van der Waals surface area contributed by atoms with Gasteiger partial charge in [-0.2, -0.15) is 0 Å². The summed E-state index contributed by atoms with van der Waals surface area (Å²) in [5, 5.41) is 4.95. The summed E-state index contributed by atoms with van der Waals surface area (Å²) >= 11 is 12.3. The number of piperidine rings is 1. The SMILES string of the molecule is CNC(Cc1ccc(Cl)cc1Cl)C(C)(C)N1CCCCC1. The zero-order valence-corrected chi connectivity index (χ0v) is 14.8. The standard InChI is InChI=1S/C17H26Cl2N2/c1-17(2,21-9-5-4-6-10-21)16(20-3)11-13-7-8-14(18)12-15(13)19/h7-8,12,16,20H,4-6,9-11H2,1-3H3. The van der Waals surface area contributed by atoms with Crippen molar-refractivity contribution in [3.63, 3.8) is 0 Å². The maximum Gasteiger partial charge on any atom is 0.0453 e. The lowest BCUT2D eigenvalue weighted by molar-refractivity contribution is 0.0635. The minimum Gasteiger partial charge on any atom is -0.315 e. The van der Waals surface area contributed by atoms with Gasteiger partial charge in [0.05, 0.1) is 0 Å². The number of likely N-dealkylation sites (tertiary alicyclic amines) is 1. The third-order valence-corrected chi connectivity index (χ3v) is 5.40. The lowest BCUT2D eigenvalue weighted by atomic mass is 9.86. The Morgan fingerprint density at radius 3 is 2.43 bits per heavy atom. The van der Waals surface area contributed by atoms with Gasteiger partial charge in [0.15, 0.2) is 0 Å². The average Bonchev–Trinajstić information content (AvgIpc) is 2.47. The number of nitrogens with zero attached hydrogens (tertiary/aromatic N) is 1. The van der Waals surface area contributed by atoms with Gasteiger partial charge in [-0.1, -0.05) is 35.7 Å². The zero-order valence-electron chi connectivity index (χ0n) is 13.3. The molecule has 1 unspecified atom stereocenters. The molecule has 21 heavy (non-hydrogen) atoms. The molecule has 0 bridgehead atoms. The average molecular weight is 329 g/mol. The molecule has 1 atom stereocenters. The molecule has 1 heterocycles. The van der Waals surface area contributed by atoms with Gasteiger partial charge in [0, 0.05) is 21.6 Å². The van der Waals surface area contributed by atoms with Crippen molar-refractivity contribution in [2.75, 3.05) is 20.1 Å². The van der Waals surface area contributed by atoms with Crippen LogP contribution in [0.25, 0.3) is 0 Å². The normalized spacial score (nSPS) is 18.7. The van der Waals surface area contributed by atoms with Crippen molar-refractivity contribution in [3.8, 4) is 0 Å². The second kappa shape index (κ2) is 7.32. The Labute approximate surface area is 138 Å². The smallest absolute Gasteiger partial charge is 0.0453 e. The number of hydrogen-bond acceptors (Lipinski definition) is 2. The topological polar surface area (TPSA) is 15.3 Å². The Morgan fingerprint density at radius 2 is 1.86 bits per heavy atom. The third-order valence-electron chi connectivity index (χ3n) is 4.81. The lowest BCUT2D eigenvalue weighted by Crippen LogP contribution is -2.59. The molecule has 1 N–H and O–H groups in total. The van der Waals surface area contributed by atoms with E-state index < -0.39 is 0 Å². The predicted octanol–water partition coefficient (Wildman–Crippen LogP) is 4.39. The Bertz CT molecular complexity index is 468. The van der Waals surface area contributed by atoms with E-state index in [1.807, 2.05) is 25.2 Å². The molecule has 1 fully saturated rings. The minimum absolute atomic E-state index is 0.109. The van der Waals surface area contributed by atoms with E-state index in [-0.39, 0.29) is 5.54 Å².